The average Bonchev–Trinajstić information content (AvgIpc) is 2.05. The summed E-state index contributed by atoms with van der Waals surface area (Å²) in [6.07, 6.45) is -3.99. The van der Waals surface area contributed by atoms with Gasteiger partial charge >= 0.3 is 0 Å². The molecule has 6 nitrogen and oxygen atoms in total. The summed E-state index contributed by atoms with van der Waals surface area (Å²) in [5.74, 6) is 4.59. The van der Waals surface area contributed by atoms with Crippen molar-refractivity contribution < 1.29 is 25.0 Å². The molecule has 0 aliphatic rings. The Kier molecular flexibility index (Phi) is 4.92. The molecule has 0 saturated heterocycles. The van der Waals surface area contributed by atoms with Gasteiger partial charge in [0.05, 0.1) is 6.61 Å². The second kappa shape index (κ2) is 5.16. The van der Waals surface area contributed by atoms with Crippen molar-refractivity contribution in [2.45, 2.75) is 18.3 Å². The van der Waals surface area contributed by atoms with Crippen LogP contribution in [0.1, 0.15) is 0 Å². The van der Waals surface area contributed by atoms with E-state index in [1.807, 2.05) is 0 Å². The molecule has 0 radical (unpaired) electrons. The van der Waals surface area contributed by atoms with Crippen LogP contribution in [0.15, 0.2) is 0 Å². The monoisotopic (exact) mass is 165 g/mol. The van der Waals surface area contributed by atoms with Crippen LogP contribution in [-0.2, 0) is 9.63 Å². The van der Waals surface area contributed by atoms with Crippen LogP contribution in [0, 0.1) is 0 Å². The Morgan fingerprint density at radius 2 is 2.09 bits per heavy atom. The van der Waals surface area contributed by atoms with Crippen LogP contribution in [0.3, 0.4) is 0 Å². The molecular weight excluding hydrogens is 154 g/mol. The molecule has 0 aliphatic heterocycles. The number of rotatable bonds is 5. The molecule has 0 unspecified atom stereocenters. The van der Waals surface area contributed by atoms with Crippen LogP contribution in [0.4, 0.5) is 0 Å². The first-order valence-electron chi connectivity index (χ1n) is 2.95. The van der Waals surface area contributed by atoms with Crippen molar-refractivity contribution in [3.8, 4) is 0 Å². The zero-order valence-corrected chi connectivity index (χ0v) is 5.75. The van der Waals surface area contributed by atoms with Gasteiger partial charge in [0, 0.05) is 0 Å². The number of aliphatic hydroxyl groups is 3. The van der Waals surface area contributed by atoms with E-state index in [1.165, 1.54) is 0 Å². The van der Waals surface area contributed by atoms with Crippen LogP contribution in [-0.4, -0.2) is 46.5 Å². The largest absolute Gasteiger partial charge is 0.394 e. The summed E-state index contributed by atoms with van der Waals surface area (Å²) in [4.78, 5) is 14.0. The summed E-state index contributed by atoms with van der Waals surface area (Å²) in [7, 11) is 0. The molecule has 6 heteroatoms. The van der Waals surface area contributed by atoms with Gasteiger partial charge in [0.1, 0.15) is 12.2 Å². The minimum Gasteiger partial charge on any atom is -0.394 e. The number of hydrogen-bond donors (Lipinski definition) is 4. The number of aldehydes is 1. The van der Waals surface area contributed by atoms with Crippen LogP contribution in [0.25, 0.3) is 0 Å². The van der Waals surface area contributed by atoms with E-state index in [0.717, 1.165) is 0 Å². The van der Waals surface area contributed by atoms with E-state index in [1.54, 1.807) is 0 Å². The molecule has 0 amide bonds. The molecule has 0 aromatic rings. The molecule has 0 aromatic carbocycles. The fraction of sp³-hybridized carbons (Fsp3) is 0.800. The van der Waals surface area contributed by atoms with Crippen molar-refractivity contribution in [2.75, 3.05) is 6.61 Å². The Balaban J connectivity index is 3.96. The summed E-state index contributed by atoms with van der Waals surface area (Å²) in [5, 5.41) is 26.0. The molecule has 0 saturated carbocycles. The van der Waals surface area contributed by atoms with Gasteiger partial charge in [-0.2, -0.15) is 0 Å². The van der Waals surface area contributed by atoms with Crippen LogP contribution < -0.4 is 5.90 Å². The van der Waals surface area contributed by atoms with E-state index in [0.29, 0.717) is 0 Å². The standard InChI is InChI=1S/C5H11NO5/c6-11-4(2-8)5(10)3(9)1-7/h2-5,7,9-10H,1,6H2/t3-,4+,5-/m1/s1. The van der Waals surface area contributed by atoms with E-state index in [4.69, 9.17) is 15.3 Å². The molecule has 0 aromatic heterocycles. The van der Waals surface area contributed by atoms with Crippen molar-refractivity contribution in [2.24, 2.45) is 5.90 Å². The molecule has 11 heavy (non-hydrogen) atoms. The van der Waals surface area contributed by atoms with Crippen molar-refractivity contribution in [1.82, 2.24) is 0 Å². The van der Waals surface area contributed by atoms with Crippen molar-refractivity contribution in [3.05, 3.63) is 0 Å². The van der Waals surface area contributed by atoms with Crippen molar-refractivity contribution >= 4 is 6.29 Å². The predicted molar refractivity (Wildman–Crippen MR) is 34.2 cm³/mol. The molecule has 0 spiro atoms. The third kappa shape index (κ3) is 2.91. The van der Waals surface area contributed by atoms with Gasteiger partial charge in [-0.15, -0.1) is 0 Å². The fourth-order valence-corrected chi connectivity index (χ4v) is 0.520. The quantitative estimate of drug-likeness (QED) is 0.258. The van der Waals surface area contributed by atoms with Gasteiger partial charge in [-0.25, -0.2) is 5.90 Å². The highest BCUT2D eigenvalue weighted by Gasteiger charge is 2.25. The smallest absolute Gasteiger partial charge is 0.162 e. The maximum Gasteiger partial charge on any atom is 0.162 e. The third-order valence-electron chi connectivity index (χ3n) is 1.21. The highest BCUT2D eigenvalue weighted by atomic mass is 16.6. The number of nitrogens with two attached hydrogens (primary N) is 1. The molecule has 3 atom stereocenters. The third-order valence-corrected chi connectivity index (χ3v) is 1.21. The Morgan fingerprint density at radius 3 is 2.36 bits per heavy atom. The van der Waals surface area contributed by atoms with Gasteiger partial charge in [0.2, 0.25) is 0 Å². The second-order valence-electron chi connectivity index (χ2n) is 1.98. The maximum atomic E-state index is 10.0. The number of carbonyl (C=O) groups excluding carboxylic acids is 1. The number of aliphatic hydroxyl groups excluding tert-OH is 3. The van der Waals surface area contributed by atoms with Gasteiger partial charge in [-0.1, -0.05) is 0 Å². The molecule has 0 aliphatic carbocycles. The van der Waals surface area contributed by atoms with E-state index < -0.39 is 24.9 Å². The van der Waals surface area contributed by atoms with Gasteiger partial charge < -0.3 is 20.1 Å². The van der Waals surface area contributed by atoms with E-state index in [-0.39, 0.29) is 6.29 Å². The van der Waals surface area contributed by atoms with Crippen LogP contribution >= 0.6 is 0 Å². The Labute approximate surface area is 63.2 Å². The molecule has 0 bridgehead atoms. The summed E-state index contributed by atoms with van der Waals surface area (Å²) in [6.45, 7) is -0.658. The summed E-state index contributed by atoms with van der Waals surface area (Å²) < 4.78 is 0. The lowest BCUT2D eigenvalue weighted by Crippen LogP contribution is -2.43. The normalized spacial score (nSPS) is 18.9. The highest BCUT2D eigenvalue weighted by molar-refractivity contribution is 5.57. The minimum absolute atomic E-state index is 0.240. The first-order chi connectivity index (χ1) is 5.17. The minimum atomic E-state index is -1.50. The van der Waals surface area contributed by atoms with Gasteiger partial charge in [0.15, 0.2) is 12.4 Å². The number of hydrogen-bond acceptors (Lipinski definition) is 6. The first-order valence-corrected chi connectivity index (χ1v) is 2.95. The fourth-order valence-electron chi connectivity index (χ4n) is 0.520. The van der Waals surface area contributed by atoms with Crippen molar-refractivity contribution in [1.29, 1.82) is 0 Å². The van der Waals surface area contributed by atoms with Crippen LogP contribution in [0.2, 0.25) is 0 Å². The zero-order chi connectivity index (χ0) is 8.85. The van der Waals surface area contributed by atoms with Gasteiger partial charge in [0.25, 0.3) is 0 Å². The molecular formula is C5H11NO5. The average molecular weight is 165 g/mol. The molecule has 0 rings (SSSR count). The second-order valence-corrected chi connectivity index (χ2v) is 1.98. The number of carbonyl (C=O) groups is 1. The topological polar surface area (TPSA) is 113 Å². The predicted octanol–water partition coefficient (Wildman–Crippen LogP) is -2.84. The Morgan fingerprint density at radius 1 is 1.55 bits per heavy atom. The van der Waals surface area contributed by atoms with Gasteiger partial charge in [-0.05, 0) is 0 Å². The van der Waals surface area contributed by atoms with Crippen molar-refractivity contribution in [3.63, 3.8) is 0 Å². The lowest BCUT2D eigenvalue weighted by atomic mass is 10.1. The van der Waals surface area contributed by atoms with E-state index in [9.17, 15) is 4.79 Å². The van der Waals surface area contributed by atoms with Gasteiger partial charge in [-0.3, -0.25) is 4.84 Å². The molecule has 5 N–H and O–H groups in total. The highest BCUT2D eigenvalue weighted by Crippen LogP contribution is 1.99. The molecule has 0 fully saturated rings. The Bertz CT molecular complexity index is 119. The summed E-state index contributed by atoms with van der Waals surface area (Å²) in [6, 6.07) is 0. The summed E-state index contributed by atoms with van der Waals surface area (Å²) >= 11 is 0. The Hall–Kier alpha value is -0.530. The van der Waals surface area contributed by atoms with Crippen LogP contribution in [0.5, 0.6) is 0 Å². The molecule has 66 valence electrons. The SMILES string of the molecule is NO[C@@H](C=O)[C@H](O)[C@H](O)CO. The maximum absolute atomic E-state index is 10.0. The molecule has 0 heterocycles. The van der Waals surface area contributed by atoms with E-state index in [2.05, 4.69) is 10.7 Å². The summed E-state index contributed by atoms with van der Waals surface area (Å²) in [5.41, 5.74) is 0. The first kappa shape index (κ1) is 10.5. The lowest BCUT2D eigenvalue weighted by molar-refractivity contribution is -0.136. The lowest BCUT2D eigenvalue weighted by Gasteiger charge is -2.18. The zero-order valence-electron chi connectivity index (χ0n) is 5.75. The van der Waals surface area contributed by atoms with E-state index >= 15 is 0 Å².